The Kier molecular flexibility index (Phi) is 3.54. The Balaban J connectivity index is 1.92. The molecule has 0 atom stereocenters. The summed E-state index contributed by atoms with van der Waals surface area (Å²) in [6.07, 6.45) is 4.20. The Labute approximate surface area is 152 Å². The van der Waals surface area contributed by atoms with Gasteiger partial charge < -0.3 is 29.7 Å². The molecule has 0 aliphatic carbocycles. The molecule has 3 aromatic rings. The smallest absolute Gasteiger partial charge is 0.277 e. The molecule has 0 saturated heterocycles. The molecule has 3 N–H and O–H groups in total. The van der Waals surface area contributed by atoms with Crippen LogP contribution >= 0.6 is 0 Å². The second kappa shape index (κ2) is 5.79. The zero-order valence-corrected chi connectivity index (χ0v) is 14.6. The Morgan fingerprint density at radius 2 is 0.852 bits per heavy atom. The van der Waals surface area contributed by atoms with Gasteiger partial charge in [-0.15, -0.1) is 0 Å². The largest absolute Gasteiger partial charge is 0.328 e. The van der Waals surface area contributed by atoms with Gasteiger partial charge in [-0.25, -0.2) is 15.0 Å². The molecule has 3 aromatic heterocycles. The highest BCUT2D eigenvalue weighted by atomic mass is 16.2. The average Bonchev–Trinajstić information content (AvgIpc) is 3.25. The highest BCUT2D eigenvalue weighted by molar-refractivity contribution is 6.16. The quantitative estimate of drug-likeness (QED) is 0.508. The average molecular weight is 369 g/mol. The third kappa shape index (κ3) is 2.54. The topological polar surface area (TPSA) is 141 Å². The molecular formula is C15H15N9O3. The van der Waals surface area contributed by atoms with Gasteiger partial charge in [0.2, 0.25) is 0 Å². The first-order valence-corrected chi connectivity index (χ1v) is 7.84. The minimum absolute atomic E-state index is 0.0801. The Morgan fingerprint density at radius 1 is 0.593 bits per heavy atom. The van der Waals surface area contributed by atoms with Crippen molar-refractivity contribution in [1.29, 1.82) is 0 Å². The van der Waals surface area contributed by atoms with Crippen molar-refractivity contribution in [3.63, 3.8) is 0 Å². The molecule has 0 saturated carbocycles. The van der Waals surface area contributed by atoms with E-state index in [2.05, 4.69) is 30.9 Å². The summed E-state index contributed by atoms with van der Waals surface area (Å²) in [6.45, 7) is 0. The Bertz CT molecular complexity index is 966. The molecule has 12 nitrogen and oxygen atoms in total. The van der Waals surface area contributed by atoms with Gasteiger partial charge in [0, 0.05) is 21.1 Å². The van der Waals surface area contributed by atoms with E-state index in [0.29, 0.717) is 0 Å². The fourth-order valence-corrected chi connectivity index (χ4v) is 2.87. The summed E-state index contributed by atoms with van der Waals surface area (Å²) >= 11 is 0. The third-order valence-electron chi connectivity index (χ3n) is 4.15. The Hall–Kier alpha value is -3.96. The summed E-state index contributed by atoms with van der Waals surface area (Å²) < 4.78 is 4.39. The van der Waals surface area contributed by atoms with E-state index in [4.69, 9.17) is 0 Å². The molecular weight excluding hydrogens is 354 g/mol. The molecule has 3 amide bonds. The number of nitrogens with zero attached hydrogens (tertiary/aromatic N) is 6. The molecule has 0 unspecified atom stereocenters. The van der Waals surface area contributed by atoms with Crippen LogP contribution in [0.15, 0.2) is 19.0 Å². The number of imidazole rings is 3. The number of rotatable bonds is 0. The lowest BCUT2D eigenvalue weighted by Crippen LogP contribution is -2.26. The van der Waals surface area contributed by atoms with Crippen molar-refractivity contribution in [2.75, 3.05) is 16.0 Å². The third-order valence-corrected chi connectivity index (χ3v) is 4.15. The van der Waals surface area contributed by atoms with Crippen molar-refractivity contribution >= 4 is 35.2 Å². The maximum absolute atomic E-state index is 12.7. The summed E-state index contributed by atoms with van der Waals surface area (Å²) in [7, 11) is 4.85. The first-order valence-electron chi connectivity index (χ1n) is 7.84. The van der Waals surface area contributed by atoms with Crippen LogP contribution in [-0.2, 0) is 21.1 Å². The fourth-order valence-electron chi connectivity index (χ4n) is 2.87. The molecule has 27 heavy (non-hydrogen) atoms. The molecule has 0 aromatic carbocycles. The summed E-state index contributed by atoms with van der Waals surface area (Å²) in [5.74, 6) is -1.46. The number of nitrogens with one attached hydrogen (secondary N) is 3. The number of amides is 3. The number of aromatic nitrogens is 6. The van der Waals surface area contributed by atoms with Gasteiger partial charge >= 0.3 is 0 Å². The van der Waals surface area contributed by atoms with Gasteiger partial charge in [-0.2, -0.15) is 0 Å². The summed E-state index contributed by atoms with van der Waals surface area (Å²) in [5, 5.41) is 7.76. The standard InChI is InChI=1S/C15H15N9O3/c1-22-4-16-10-7(22)13(25)20-11-8(23(2)5-17-11)15(27)21-12-9(14(26)19-10)24(3)6-18-12/h4-6H,1-3H3,(H,19,26)(H,20,25)(H,21,27). The second-order valence-electron chi connectivity index (χ2n) is 6.02. The monoisotopic (exact) mass is 369 g/mol. The van der Waals surface area contributed by atoms with Gasteiger partial charge in [-0.05, 0) is 0 Å². The van der Waals surface area contributed by atoms with Crippen molar-refractivity contribution in [3.05, 3.63) is 36.1 Å². The van der Waals surface area contributed by atoms with Crippen molar-refractivity contribution in [2.24, 2.45) is 21.1 Å². The van der Waals surface area contributed by atoms with Crippen molar-refractivity contribution < 1.29 is 14.4 Å². The fraction of sp³-hybridized carbons (Fsp3) is 0.200. The SMILES string of the molecule is Cn1cnc2c1C(=O)Nc1ncn(C)c1C(=O)Nc1ncn(C)c1C(=O)N2. The van der Waals surface area contributed by atoms with Crippen LogP contribution in [0.25, 0.3) is 0 Å². The van der Waals surface area contributed by atoms with Crippen molar-refractivity contribution in [1.82, 2.24) is 28.7 Å². The van der Waals surface area contributed by atoms with E-state index in [1.165, 1.54) is 32.7 Å². The molecule has 138 valence electrons. The number of fused-ring (bicyclic) bond motifs is 3. The number of carbonyl (C=O) groups excluding carboxylic acids is 3. The second-order valence-corrected chi connectivity index (χ2v) is 6.02. The molecule has 0 spiro atoms. The van der Waals surface area contributed by atoms with Crippen molar-refractivity contribution in [2.45, 2.75) is 0 Å². The van der Waals surface area contributed by atoms with Crippen LogP contribution in [0.2, 0.25) is 0 Å². The van der Waals surface area contributed by atoms with E-state index >= 15 is 0 Å². The van der Waals surface area contributed by atoms with E-state index in [9.17, 15) is 14.4 Å². The maximum Gasteiger partial charge on any atom is 0.277 e. The molecule has 4 heterocycles. The van der Waals surface area contributed by atoms with Gasteiger partial charge in [-0.1, -0.05) is 0 Å². The molecule has 1 aliphatic rings. The van der Waals surface area contributed by atoms with Crippen molar-refractivity contribution in [3.8, 4) is 0 Å². The van der Waals surface area contributed by atoms with Gasteiger partial charge in [0.15, 0.2) is 34.5 Å². The highest BCUT2D eigenvalue weighted by Crippen LogP contribution is 2.22. The molecule has 0 fully saturated rings. The van der Waals surface area contributed by atoms with Crippen LogP contribution in [0.1, 0.15) is 31.5 Å². The first-order chi connectivity index (χ1) is 12.9. The van der Waals surface area contributed by atoms with Crippen LogP contribution in [-0.4, -0.2) is 46.4 Å². The normalized spacial score (nSPS) is 14.1. The van der Waals surface area contributed by atoms with E-state index in [1.807, 2.05) is 0 Å². The molecule has 0 bridgehead atoms. The summed E-state index contributed by atoms with van der Waals surface area (Å²) in [6, 6.07) is 0. The van der Waals surface area contributed by atoms with E-state index < -0.39 is 17.7 Å². The number of anilines is 3. The first kappa shape index (κ1) is 16.5. The minimum Gasteiger partial charge on any atom is -0.328 e. The van der Waals surface area contributed by atoms with Crippen LogP contribution in [0.5, 0.6) is 0 Å². The summed E-state index contributed by atoms with van der Waals surface area (Å²) in [5.41, 5.74) is 0.346. The maximum atomic E-state index is 12.7. The number of aryl methyl sites for hydroxylation is 3. The predicted octanol–water partition coefficient (Wildman–Crippen LogP) is -0.0426. The van der Waals surface area contributed by atoms with Crippen LogP contribution in [0.3, 0.4) is 0 Å². The van der Waals surface area contributed by atoms with Gasteiger partial charge in [0.05, 0.1) is 19.0 Å². The number of carbonyl (C=O) groups is 3. The molecule has 1 aliphatic heterocycles. The highest BCUT2D eigenvalue weighted by Gasteiger charge is 2.28. The predicted molar refractivity (Wildman–Crippen MR) is 93.5 cm³/mol. The Morgan fingerprint density at radius 3 is 1.11 bits per heavy atom. The van der Waals surface area contributed by atoms with E-state index in [-0.39, 0.29) is 34.5 Å². The van der Waals surface area contributed by atoms with Crippen LogP contribution < -0.4 is 16.0 Å². The lowest BCUT2D eigenvalue weighted by atomic mass is 10.3. The molecule has 12 heteroatoms. The zero-order valence-electron chi connectivity index (χ0n) is 14.6. The number of hydrogen-bond acceptors (Lipinski definition) is 6. The zero-order chi connectivity index (χ0) is 19.3. The lowest BCUT2D eigenvalue weighted by Gasteiger charge is -2.12. The minimum atomic E-state index is -0.566. The van der Waals surface area contributed by atoms with E-state index in [0.717, 1.165) is 0 Å². The lowest BCUT2D eigenvalue weighted by molar-refractivity contribution is 0.101. The summed E-state index contributed by atoms with van der Waals surface area (Å²) in [4.78, 5) is 50.4. The number of hydrogen-bond donors (Lipinski definition) is 3. The van der Waals surface area contributed by atoms with Gasteiger partial charge in [0.1, 0.15) is 0 Å². The van der Waals surface area contributed by atoms with Gasteiger partial charge in [-0.3, -0.25) is 14.4 Å². The van der Waals surface area contributed by atoms with Crippen LogP contribution in [0, 0.1) is 0 Å². The molecule has 0 radical (unpaired) electrons. The molecule has 4 rings (SSSR count). The van der Waals surface area contributed by atoms with Crippen LogP contribution in [0.4, 0.5) is 17.5 Å². The van der Waals surface area contributed by atoms with E-state index in [1.54, 1.807) is 21.1 Å². The van der Waals surface area contributed by atoms with Gasteiger partial charge in [0.25, 0.3) is 17.7 Å².